The molecule has 1 aliphatic heterocycles. The van der Waals surface area contributed by atoms with Gasteiger partial charge >= 0.3 is 0 Å². The SMILES string of the molecule is CN=Cc1c(C)nc(N2CCOCC2)nc1Nc1cc(C(=O)NOC)ccc1C. The van der Waals surface area contributed by atoms with E-state index < -0.39 is 0 Å². The van der Waals surface area contributed by atoms with Crippen LogP contribution in [0.2, 0.25) is 0 Å². The summed E-state index contributed by atoms with van der Waals surface area (Å²) < 4.78 is 5.43. The van der Waals surface area contributed by atoms with Crippen molar-refractivity contribution in [1.29, 1.82) is 0 Å². The molecule has 1 fully saturated rings. The third kappa shape index (κ3) is 4.87. The minimum Gasteiger partial charge on any atom is -0.378 e. The standard InChI is InChI=1S/C20H26N6O3/c1-13-5-6-15(19(27)25-28-4)11-17(13)23-18-16(12-21-3)14(2)22-20(24-18)26-7-9-29-10-8-26/h5-6,11-12H,7-10H2,1-4H3,(H,25,27)(H,22,23,24). The smallest absolute Gasteiger partial charge is 0.274 e. The van der Waals surface area contributed by atoms with E-state index in [4.69, 9.17) is 14.6 Å². The third-order valence-corrected chi connectivity index (χ3v) is 4.62. The molecular formula is C20H26N6O3. The maximum atomic E-state index is 12.1. The Morgan fingerprint density at radius 2 is 2.03 bits per heavy atom. The van der Waals surface area contributed by atoms with Gasteiger partial charge in [-0.25, -0.2) is 10.5 Å². The van der Waals surface area contributed by atoms with Gasteiger partial charge in [-0.1, -0.05) is 6.07 Å². The number of nitrogens with one attached hydrogen (secondary N) is 2. The predicted octanol–water partition coefficient (Wildman–Crippen LogP) is 2.01. The van der Waals surface area contributed by atoms with E-state index in [2.05, 4.69) is 25.7 Å². The highest BCUT2D eigenvalue weighted by Gasteiger charge is 2.18. The van der Waals surface area contributed by atoms with Crippen molar-refractivity contribution < 1.29 is 14.4 Å². The Balaban J connectivity index is 1.99. The Bertz CT molecular complexity index is 909. The summed E-state index contributed by atoms with van der Waals surface area (Å²) in [4.78, 5) is 32.5. The second-order valence-corrected chi connectivity index (χ2v) is 6.65. The minimum atomic E-state index is -0.321. The molecule has 0 spiro atoms. The van der Waals surface area contributed by atoms with Gasteiger partial charge in [-0.3, -0.25) is 14.6 Å². The first-order valence-corrected chi connectivity index (χ1v) is 9.38. The Labute approximate surface area is 170 Å². The Hall–Kier alpha value is -3.04. The van der Waals surface area contributed by atoms with Crippen molar-refractivity contribution in [3.8, 4) is 0 Å². The molecule has 0 bridgehead atoms. The van der Waals surface area contributed by atoms with E-state index in [0.29, 0.717) is 30.5 Å². The third-order valence-electron chi connectivity index (χ3n) is 4.62. The van der Waals surface area contributed by atoms with Crippen molar-refractivity contribution in [1.82, 2.24) is 15.4 Å². The normalized spacial score (nSPS) is 14.3. The molecule has 9 nitrogen and oxygen atoms in total. The first kappa shape index (κ1) is 20.7. The molecule has 0 saturated carbocycles. The highest BCUT2D eigenvalue weighted by atomic mass is 16.6. The summed E-state index contributed by atoms with van der Waals surface area (Å²) in [5, 5.41) is 3.36. The number of nitrogens with zero attached hydrogens (tertiary/aromatic N) is 4. The molecule has 0 atom stereocenters. The number of ether oxygens (including phenoxy) is 1. The maximum Gasteiger partial charge on any atom is 0.274 e. The number of anilines is 3. The average molecular weight is 398 g/mol. The lowest BCUT2D eigenvalue weighted by Gasteiger charge is -2.27. The van der Waals surface area contributed by atoms with E-state index >= 15 is 0 Å². The number of aryl methyl sites for hydroxylation is 2. The predicted molar refractivity (Wildman–Crippen MR) is 112 cm³/mol. The number of amides is 1. The second kappa shape index (κ2) is 9.44. The second-order valence-electron chi connectivity index (χ2n) is 6.65. The van der Waals surface area contributed by atoms with Crippen LogP contribution >= 0.6 is 0 Å². The van der Waals surface area contributed by atoms with Gasteiger partial charge in [0, 0.05) is 37.6 Å². The number of hydrogen-bond donors (Lipinski definition) is 2. The maximum absolute atomic E-state index is 12.1. The molecule has 2 heterocycles. The van der Waals surface area contributed by atoms with E-state index in [1.807, 2.05) is 19.9 Å². The number of hydrogen-bond acceptors (Lipinski definition) is 8. The Morgan fingerprint density at radius 3 is 2.72 bits per heavy atom. The monoisotopic (exact) mass is 398 g/mol. The van der Waals surface area contributed by atoms with E-state index in [1.165, 1.54) is 7.11 Å². The number of benzene rings is 1. The van der Waals surface area contributed by atoms with E-state index in [-0.39, 0.29) is 5.91 Å². The van der Waals surface area contributed by atoms with Gasteiger partial charge in [0.05, 0.1) is 31.6 Å². The van der Waals surface area contributed by atoms with Crippen molar-refractivity contribution in [3.63, 3.8) is 0 Å². The molecule has 154 valence electrons. The van der Waals surface area contributed by atoms with Gasteiger partial charge in [0.25, 0.3) is 5.91 Å². The largest absolute Gasteiger partial charge is 0.378 e. The molecule has 0 unspecified atom stereocenters. The van der Waals surface area contributed by atoms with Crippen LogP contribution in [0.5, 0.6) is 0 Å². The fourth-order valence-electron chi connectivity index (χ4n) is 3.03. The average Bonchev–Trinajstić information content (AvgIpc) is 2.72. The molecule has 1 aromatic carbocycles. The quantitative estimate of drug-likeness (QED) is 0.567. The zero-order valence-corrected chi connectivity index (χ0v) is 17.2. The van der Waals surface area contributed by atoms with Crippen LogP contribution in [0.15, 0.2) is 23.2 Å². The highest BCUT2D eigenvalue weighted by molar-refractivity contribution is 5.95. The lowest BCUT2D eigenvalue weighted by molar-refractivity contribution is 0.0537. The molecule has 0 aliphatic carbocycles. The van der Waals surface area contributed by atoms with Crippen LogP contribution in [0.1, 0.15) is 27.2 Å². The van der Waals surface area contributed by atoms with E-state index in [9.17, 15) is 4.79 Å². The van der Waals surface area contributed by atoms with E-state index in [0.717, 1.165) is 35.6 Å². The fraction of sp³-hybridized carbons (Fsp3) is 0.400. The zero-order valence-electron chi connectivity index (χ0n) is 17.2. The molecule has 1 saturated heterocycles. The van der Waals surface area contributed by atoms with Crippen molar-refractivity contribution in [2.24, 2.45) is 4.99 Å². The molecule has 2 aromatic rings. The van der Waals surface area contributed by atoms with Crippen LogP contribution in [0.4, 0.5) is 17.5 Å². The van der Waals surface area contributed by atoms with Crippen LogP contribution in [0, 0.1) is 13.8 Å². The number of aliphatic imine (C=N–C) groups is 1. The van der Waals surface area contributed by atoms with Crippen molar-refractivity contribution >= 4 is 29.6 Å². The van der Waals surface area contributed by atoms with Gasteiger partial charge in [0.1, 0.15) is 5.82 Å². The van der Waals surface area contributed by atoms with Gasteiger partial charge in [-0.05, 0) is 31.5 Å². The highest BCUT2D eigenvalue weighted by Crippen LogP contribution is 2.26. The summed E-state index contributed by atoms with van der Waals surface area (Å²) in [6, 6.07) is 5.38. The van der Waals surface area contributed by atoms with Crippen LogP contribution in [-0.2, 0) is 9.57 Å². The summed E-state index contributed by atoms with van der Waals surface area (Å²) in [5.41, 5.74) is 6.18. The number of carbonyl (C=O) groups excluding carboxylic acids is 1. The number of carbonyl (C=O) groups is 1. The number of aromatic nitrogens is 2. The number of hydroxylamine groups is 1. The summed E-state index contributed by atoms with van der Waals surface area (Å²) in [7, 11) is 3.11. The molecule has 1 amide bonds. The fourth-order valence-corrected chi connectivity index (χ4v) is 3.03. The van der Waals surface area contributed by atoms with Crippen LogP contribution in [0.3, 0.4) is 0 Å². The molecule has 29 heavy (non-hydrogen) atoms. The summed E-state index contributed by atoms with van der Waals surface area (Å²) in [6.07, 6.45) is 1.73. The summed E-state index contributed by atoms with van der Waals surface area (Å²) in [6.45, 7) is 6.68. The molecule has 3 rings (SSSR count). The number of rotatable bonds is 6. The van der Waals surface area contributed by atoms with Crippen molar-refractivity contribution in [3.05, 3.63) is 40.6 Å². The zero-order chi connectivity index (χ0) is 20.8. The molecule has 0 radical (unpaired) electrons. The molecule has 9 heteroatoms. The first-order chi connectivity index (χ1) is 14.0. The number of morpholine rings is 1. The molecule has 1 aromatic heterocycles. The van der Waals surface area contributed by atoms with Crippen LogP contribution in [0.25, 0.3) is 0 Å². The van der Waals surface area contributed by atoms with Gasteiger partial charge in [0.2, 0.25) is 5.95 Å². The van der Waals surface area contributed by atoms with Crippen molar-refractivity contribution in [2.45, 2.75) is 13.8 Å². The molecule has 1 aliphatic rings. The summed E-state index contributed by atoms with van der Waals surface area (Å²) in [5.74, 6) is 0.961. The molecule has 2 N–H and O–H groups in total. The van der Waals surface area contributed by atoms with Crippen LogP contribution < -0.4 is 15.7 Å². The van der Waals surface area contributed by atoms with Crippen molar-refractivity contribution in [2.75, 3.05) is 50.7 Å². The first-order valence-electron chi connectivity index (χ1n) is 9.38. The summed E-state index contributed by atoms with van der Waals surface area (Å²) >= 11 is 0. The Kier molecular flexibility index (Phi) is 6.73. The van der Waals surface area contributed by atoms with Gasteiger partial charge in [-0.15, -0.1) is 0 Å². The van der Waals surface area contributed by atoms with Gasteiger partial charge in [-0.2, -0.15) is 4.98 Å². The molecular weight excluding hydrogens is 372 g/mol. The topological polar surface area (TPSA) is 101 Å². The lowest BCUT2D eigenvalue weighted by Crippen LogP contribution is -2.37. The van der Waals surface area contributed by atoms with Gasteiger partial charge < -0.3 is 15.0 Å². The minimum absolute atomic E-state index is 0.321. The lowest BCUT2D eigenvalue weighted by atomic mass is 10.1. The Morgan fingerprint density at radius 1 is 1.28 bits per heavy atom. The van der Waals surface area contributed by atoms with Crippen LogP contribution in [-0.4, -0.2) is 62.6 Å². The van der Waals surface area contributed by atoms with Gasteiger partial charge in [0.15, 0.2) is 0 Å². The van der Waals surface area contributed by atoms with E-state index in [1.54, 1.807) is 25.4 Å².